The highest BCUT2D eigenvalue weighted by Gasteiger charge is 2.35. The van der Waals surface area contributed by atoms with Crippen LogP contribution in [0.1, 0.15) is 38.3 Å². The van der Waals surface area contributed by atoms with Gasteiger partial charge in [-0.1, -0.05) is 34.1 Å². The molecule has 2 amide bonds. The number of esters is 1. The molecule has 1 atom stereocenters. The normalized spacial score (nSPS) is 15.0. The third-order valence-corrected chi connectivity index (χ3v) is 6.43. The second kappa shape index (κ2) is 10.9. The van der Waals surface area contributed by atoms with Crippen LogP contribution >= 0.6 is 15.9 Å². The Bertz CT molecular complexity index is 1300. The molecule has 184 valence electrons. The molecule has 1 heterocycles. The first-order chi connectivity index (χ1) is 17.2. The molecule has 0 aliphatic carbocycles. The van der Waals surface area contributed by atoms with Gasteiger partial charge >= 0.3 is 5.97 Å². The minimum Gasteiger partial charge on any atom is -0.454 e. The van der Waals surface area contributed by atoms with Gasteiger partial charge in [0.05, 0.1) is 11.5 Å². The Kier molecular flexibility index (Phi) is 7.64. The van der Waals surface area contributed by atoms with Crippen LogP contribution < -0.4 is 10.2 Å². The molecule has 7 nitrogen and oxygen atoms in total. The van der Waals surface area contributed by atoms with E-state index in [4.69, 9.17) is 4.74 Å². The third-order valence-electron chi connectivity index (χ3n) is 5.90. The van der Waals surface area contributed by atoms with Gasteiger partial charge in [-0.3, -0.25) is 14.4 Å². The molecule has 0 spiro atoms. The number of hydrogen-bond donors (Lipinski definition) is 1. The van der Waals surface area contributed by atoms with Crippen LogP contribution in [0.15, 0.2) is 71.2 Å². The van der Waals surface area contributed by atoms with E-state index in [1.807, 2.05) is 32.0 Å². The summed E-state index contributed by atoms with van der Waals surface area (Å²) in [5, 5.41) is 2.81. The molecular weight excluding hydrogens is 524 g/mol. The number of ether oxygens (including phenoxy) is 1. The van der Waals surface area contributed by atoms with E-state index in [0.717, 1.165) is 21.3 Å². The lowest BCUT2D eigenvalue weighted by Crippen LogP contribution is -2.28. The summed E-state index contributed by atoms with van der Waals surface area (Å²) in [7, 11) is 0. The molecule has 1 saturated heterocycles. The van der Waals surface area contributed by atoms with Gasteiger partial charge < -0.3 is 15.0 Å². The van der Waals surface area contributed by atoms with Crippen molar-refractivity contribution in [3.8, 4) is 0 Å². The first-order valence-electron chi connectivity index (χ1n) is 11.4. The number of hydrogen-bond acceptors (Lipinski definition) is 5. The van der Waals surface area contributed by atoms with E-state index in [2.05, 4.69) is 21.2 Å². The fourth-order valence-corrected chi connectivity index (χ4v) is 4.37. The van der Waals surface area contributed by atoms with E-state index in [0.29, 0.717) is 17.8 Å². The molecule has 0 radical (unpaired) electrons. The number of anilines is 2. The van der Waals surface area contributed by atoms with Gasteiger partial charge in [-0.2, -0.15) is 0 Å². The summed E-state index contributed by atoms with van der Waals surface area (Å²) in [5.74, 6) is -1.77. The first-order valence-corrected chi connectivity index (χ1v) is 12.2. The number of benzene rings is 3. The van der Waals surface area contributed by atoms with Gasteiger partial charge in [0, 0.05) is 34.4 Å². The van der Waals surface area contributed by atoms with Crippen molar-refractivity contribution in [3.05, 3.63) is 93.5 Å². The van der Waals surface area contributed by atoms with E-state index >= 15 is 0 Å². The smallest absolute Gasteiger partial charge is 0.338 e. The fourth-order valence-electron chi connectivity index (χ4n) is 4.11. The van der Waals surface area contributed by atoms with Crippen LogP contribution in [-0.4, -0.2) is 36.7 Å². The van der Waals surface area contributed by atoms with Gasteiger partial charge in [-0.05, 0) is 73.5 Å². The highest BCUT2D eigenvalue weighted by molar-refractivity contribution is 9.10. The Hall–Kier alpha value is -3.78. The highest BCUT2D eigenvalue weighted by Crippen LogP contribution is 2.28. The molecule has 1 aliphatic heterocycles. The largest absolute Gasteiger partial charge is 0.454 e. The number of aryl methyl sites for hydroxylation is 2. The monoisotopic (exact) mass is 548 g/mol. The van der Waals surface area contributed by atoms with Gasteiger partial charge in [-0.25, -0.2) is 4.79 Å². The van der Waals surface area contributed by atoms with Crippen LogP contribution in [-0.2, 0) is 14.3 Å². The molecule has 0 unspecified atom stereocenters. The molecule has 4 rings (SSSR count). The standard InChI is InChI=1S/C28H25BrN2O5/c1-17-11-18(2)13-24(12-17)31-15-21(14-26(31)33)27(34)30-23-9-5-20(6-10-23)28(35)36-16-25(32)19-3-7-22(29)8-4-19/h3-13,21H,14-16H2,1-2H3,(H,30,34)/t21-/m0/s1. The predicted molar refractivity (Wildman–Crippen MR) is 140 cm³/mol. The Morgan fingerprint density at radius 1 is 0.944 bits per heavy atom. The van der Waals surface area contributed by atoms with Crippen LogP contribution in [0.2, 0.25) is 0 Å². The first kappa shape index (κ1) is 25.3. The van der Waals surface area contributed by atoms with Crippen molar-refractivity contribution in [1.82, 2.24) is 0 Å². The molecule has 0 saturated carbocycles. The van der Waals surface area contributed by atoms with Crippen LogP contribution in [0.5, 0.6) is 0 Å². The van der Waals surface area contributed by atoms with Crippen LogP contribution in [0.4, 0.5) is 11.4 Å². The van der Waals surface area contributed by atoms with E-state index in [-0.39, 0.29) is 36.2 Å². The van der Waals surface area contributed by atoms with Crippen LogP contribution in [0, 0.1) is 19.8 Å². The maximum atomic E-state index is 12.8. The maximum Gasteiger partial charge on any atom is 0.338 e. The summed E-state index contributed by atoms with van der Waals surface area (Å²) in [5.41, 5.74) is 4.12. The average Bonchev–Trinajstić information content (AvgIpc) is 3.24. The maximum absolute atomic E-state index is 12.8. The van der Waals surface area contributed by atoms with E-state index in [1.54, 1.807) is 41.3 Å². The van der Waals surface area contributed by atoms with Crippen molar-refractivity contribution in [2.75, 3.05) is 23.4 Å². The molecule has 1 N–H and O–H groups in total. The molecule has 36 heavy (non-hydrogen) atoms. The van der Waals surface area contributed by atoms with Crippen LogP contribution in [0.25, 0.3) is 0 Å². The summed E-state index contributed by atoms with van der Waals surface area (Å²) in [6.45, 7) is 3.89. The second-order valence-corrected chi connectivity index (χ2v) is 9.74. The van der Waals surface area contributed by atoms with Crippen molar-refractivity contribution >= 4 is 50.9 Å². The van der Waals surface area contributed by atoms with E-state index < -0.39 is 11.9 Å². The van der Waals surface area contributed by atoms with Gasteiger partial charge in [0.1, 0.15) is 0 Å². The van der Waals surface area contributed by atoms with Gasteiger partial charge in [0.25, 0.3) is 0 Å². The number of Topliss-reactive ketones (excluding diaryl/α,β-unsaturated/α-hetero) is 1. The zero-order valence-electron chi connectivity index (χ0n) is 19.9. The number of ketones is 1. The highest BCUT2D eigenvalue weighted by atomic mass is 79.9. The Morgan fingerprint density at radius 2 is 1.56 bits per heavy atom. The lowest BCUT2D eigenvalue weighted by molar-refractivity contribution is -0.122. The number of amides is 2. The van der Waals surface area contributed by atoms with E-state index in [1.165, 1.54) is 12.1 Å². The van der Waals surface area contributed by atoms with E-state index in [9.17, 15) is 19.2 Å². The molecule has 8 heteroatoms. The predicted octanol–water partition coefficient (Wildman–Crippen LogP) is 5.10. The SMILES string of the molecule is Cc1cc(C)cc(N2C[C@@H](C(=O)Nc3ccc(C(=O)OCC(=O)c4ccc(Br)cc4)cc3)CC2=O)c1. The molecule has 1 fully saturated rings. The number of carbonyl (C=O) groups excluding carboxylic acids is 4. The summed E-state index contributed by atoms with van der Waals surface area (Å²) in [6, 6.07) is 18.9. The Morgan fingerprint density at radius 3 is 2.19 bits per heavy atom. The number of halogens is 1. The lowest BCUT2D eigenvalue weighted by atomic mass is 10.1. The summed E-state index contributed by atoms with van der Waals surface area (Å²) < 4.78 is 5.98. The fraction of sp³-hybridized carbons (Fsp3) is 0.214. The molecule has 1 aliphatic rings. The Balaban J connectivity index is 1.31. The summed E-state index contributed by atoms with van der Waals surface area (Å²) >= 11 is 3.31. The zero-order valence-corrected chi connectivity index (χ0v) is 21.5. The van der Waals surface area contributed by atoms with Gasteiger partial charge in [0.15, 0.2) is 12.4 Å². The number of nitrogens with one attached hydrogen (secondary N) is 1. The Labute approximate surface area is 217 Å². The van der Waals surface area contributed by atoms with Crippen LogP contribution in [0.3, 0.4) is 0 Å². The lowest BCUT2D eigenvalue weighted by Gasteiger charge is -2.18. The van der Waals surface area contributed by atoms with Crippen molar-refractivity contribution in [1.29, 1.82) is 0 Å². The van der Waals surface area contributed by atoms with Crippen molar-refractivity contribution in [2.24, 2.45) is 5.92 Å². The minimum absolute atomic E-state index is 0.0871. The molecule has 3 aromatic carbocycles. The van der Waals surface area contributed by atoms with Crippen molar-refractivity contribution in [2.45, 2.75) is 20.3 Å². The number of rotatable bonds is 7. The quantitative estimate of drug-likeness (QED) is 0.327. The van der Waals surface area contributed by atoms with Gasteiger partial charge in [0.2, 0.25) is 11.8 Å². The molecular formula is C28H25BrN2O5. The minimum atomic E-state index is -0.635. The third kappa shape index (κ3) is 6.07. The summed E-state index contributed by atoms with van der Waals surface area (Å²) in [6.07, 6.45) is 0.135. The molecule has 0 bridgehead atoms. The second-order valence-electron chi connectivity index (χ2n) is 8.82. The zero-order chi connectivity index (χ0) is 25.8. The summed E-state index contributed by atoms with van der Waals surface area (Å²) in [4.78, 5) is 51.5. The molecule has 0 aromatic heterocycles. The molecule has 3 aromatic rings. The average molecular weight is 549 g/mol. The van der Waals surface area contributed by atoms with Gasteiger partial charge in [-0.15, -0.1) is 0 Å². The number of carbonyl (C=O) groups is 4. The van der Waals surface area contributed by atoms with Crippen molar-refractivity contribution < 1.29 is 23.9 Å². The topological polar surface area (TPSA) is 92.8 Å². The number of nitrogens with zero attached hydrogens (tertiary/aromatic N) is 1. The van der Waals surface area contributed by atoms with Crippen molar-refractivity contribution in [3.63, 3.8) is 0 Å².